The molecule has 1 N–H and O–H groups in total. The summed E-state index contributed by atoms with van der Waals surface area (Å²) in [5.41, 5.74) is 2.66. The maximum Gasteiger partial charge on any atom is 0.216 e. The van der Waals surface area contributed by atoms with Crippen LogP contribution in [0, 0.1) is 10.6 Å². The zero-order valence-electron chi connectivity index (χ0n) is 15.6. The number of aromatic nitrogens is 3. The summed E-state index contributed by atoms with van der Waals surface area (Å²) in [5.74, 6) is 1.05. The van der Waals surface area contributed by atoms with Crippen LogP contribution in [0.1, 0.15) is 11.1 Å². The Balaban J connectivity index is 1.50. The highest BCUT2D eigenvalue weighted by Crippen LogP contribution is 2.26. The van der Waals surface area contributed by atoms with Gasteiger partial charge in [0.15, 0.2) is 5.82 Å². The molecule has 4 aromatic rings. The van der Waals surface area contributed by atoms with Crippen molar-refractivity contribution in [2.24, 2.45) is 5.10 Å². The first-order valence-electron chi connectivity index (χ1n) is 9.04. The van der Waals surface area contributed by atoms with Gasteiger partial charge in [-0.3, -0.25) is 0 Å². The van der Waals surface area contributed by atoms with Gasteiger partial charge in [-0.1, -0.05) is 42.5 Å². The highest BCUT2D eigenvalue weighted by Gasteiger charge is 2.08. The Kier molecular flexibility index (Phi) is 6.15. The first kappa shape index (κ1) is 20.2. The van der Waals surface area contributed by atoms with Crippen LogP contribution in [-0.2, 0) is 6.61 Å². The largest absolute Gasteiger partial charge is 0.488 e. The summed E-state index contributed by atoms with van der Waals surface area (Å²) in [5, 5.41) is 11.5. The Bertz CT molecular complexity index is 1240. The van der Waals surface area contributed by atoms with Crippen molar-refractivity contribution in [3.63, 3.8) is 0 Å². The molecule has 1 aromatic heterocycles. The first-order valence-corrected chi connectivity index (χ1v) is 10.2. The van der Waals surface area contributed by atoms with Gasteiger partial charge in [0.1, 0.15) is 18.2 Å². The summed E-state index contributed by atoms with van der Waals surface area (Å²) < 4.78 is 21.6. The van der Waals surface area contributed by atoms with Crippen molar-refractivity contribution in [3.8, 4) is 17.1 Å². The molecule has 0 unspecified atom stereocenters. The molecular weight excluding hydrogens is 467 g/mol. The molecule has 0 aliphatic rings. The van der Waals surface area contributed by atoms with Gasteiger partial charge in [0.25, 0.3) is 0 Å². The van der Waals surface area contributed by atoms with Gasteiger partial charge in [0.2, 0.25) is 4.77 Å². The Labute approximate surface area is 186 Å². The fraction of sp³-hybridized carbons (Fsp3) is 0.0455. The second-order valence-corrected chi connectivity index (χ2v) is 7.62. The van der Waals surface area contributed by atoms with Gasteiger partial charge in [-0.2, -0.15) is 14.9 Å². The fourth-order valence-corrected chi connectivity index (χ4v) is 3.44. The Morgan fingerprint density at radius 3 is 2.60 bits per heavy atom. The van der Waals surface area contributed by atoms with Crippen molar-refractivity contribution in [2.45, 2.75) is 6.61 Å². The number of nitrogens with zero attached hydrogens (tertiary/aromatic N) is 3. The second-order valence-electron chi connectivity index (χ2n) is 6.38. The highest BCUT2D eigenvalue weighted by atomic mass is 79.9. The normalized spacial score (nSPS) is 11.1. The van der Waals surface area contributed by atoms with E-state index in [1.54, 1.807) is 23.0 Å². The standard InChI is InChI=1S/C22H16BrFN4OS/c23-19-12-16(8-11-20(19)29-14-15-6-9-18(24)10-7-15)13-25-28-21(26-27-22(28)30)17-4-2-1-3-5-17/h1-13H,14H2,(H,27,30)/b25-13-. The zero-order valence-corrected chi connectivity index (χ0v) is 18.0. The number of H-pyrrole nitrogens is 1. The molecule has 8 heteroatoms. The van der Waals surface area contributed by atoms with Crippen molar-refractivity contribution >= 4 is 34.4 Å². The maximum absolute atomic E-state index is 13.0. The van der Waals surface area contributed by atoms with E-state index in [2.05, 4.69) is 31.2 Å². The third-order valence-corrected chi connectivity index (χ3v) is 5.15. The van der Waals surface area contributed by atoms with Crippen LogP contribution < -0.4 is 4.74 Å². The molecular formula is C22H16BrFN4OS. The van der Waals surface area contributed by atoms with Crippen LogP contribution in [0.3, 0.4) is 0 Å². The SMILES string of the molecule is Fc1ccc(COc2ccc(/C=N\n3c(-c4ccccc4)n[nH]c3=S)cc2Br)cc1. The predicted molar refractivity (Wildman–Crippen MR) is 121 cm³/mol. The molecule has 0 radical (unpaired) electrons. The van der Waals surface area contributed by atoms with Crippen molar-refractivity contribution in [2.75, 3.05) is 0 Å². The van der Waals surface area contributed by atoms with Gasteiger partial charge < -0.3 is 4.74 Å². The summed E-state index contributed by atoms with van der Waals surface area (Å²) in [6, 6.07) is 21.6. The van der Waals surface area contributed by atoms with Gasteiger partial charge in [0.05, 0.1) is 10.7 Å². The van der Waals surface area contributed by atoms with Crippen LogP contribution >= 0.6 is 28.1 Å². The van der Waals surface area contributed by atoms with E-state index in [-0.39, 0.29) is 5.82 Å². The smallest absolute Gasteiger partial charge is 0.216 e. The molecule has 3 aromatic carbocycles. The van der Waals surface area contributed by atoms with E-state index in [1.165, 1.54) is 12.1 Å². The molecule has 0 saturated heterocycles. The van der Waals surface area contributed by atoms with Gasteiger partial charge in [-0.25, -0.2) is 9.49 Å². The third kappa shape index (κ3) is 4.72. The lowest BCUT2D eigenvalue weighted by Gasteiger charge is -2.09. The molecule has 0 bridgehead atoms. The van der Waals surface area contributed by atoms with E-state index in [4.69, 9.17) is 17.0 Å². The zero-order chi connectivity index (χ0) is 20.9. The van der Waals surface area contributed by atoms with Crippen molar-refractivity contribution in [1.29, 1.82) is 0 Å². The van der Waals surface area contributed by atoms with Gasteiger partial charge in [-0.05, 0) is 69.6 Å². The van der Waals surface area contributed by atoms with Crippen LogP contribution in [-0.4, -0.2) is 21.1 Å². The maximum atomic E-state index is 13.0. The van der Waals surface area contributed by atoms with Crippen molar-refractivity contribution < 1.29 is 9.13 Å². The fourth-order valence-electron chi connectivity index (χ4n) is 2.75. The monoisotopic (exact) mass is 482 g/mol. The number of halogens is 2. The van der Waals surface area contributed by atoms with Gasteiger partial charge in [-0.15, -0.1) is 0 Å². The number of rotatable bonds is 6. The van der Waals surface area contributed by atoms with Gasteiger partial charge >= 0.3 is 0 Å². The summed E-state index contributed by atoms with van der Waals surface area (Å²) in [4.78, 5) is 0. The summed E-state index contributed by atoms with van der Waals surface area (Å²) in [7, 11) is 0. The molecule has 0 saturated carbocycles. The van der Waals surface area contributed by atoms with E-state index >= 15 is 0 Å². The number of nitrogens with one attached hydrogen (secondary N) is 1. The van der Waals surface area contributed by atoms with Crippen LogP contribution in [0.15, 0.2) is 82.4 Å². The topological polar surface area (TPSA) is 55.2 Å². The van der Waals surface area contributed by atoms with Crippen molar-refractivity contribution in [3.05, 3.63) is 99.0 Å². The molecule has 0 aliphatic heterocycles. The lowest BCUT2D eigenvalue weighted by Crippen LogP contribution is -1.97. The lowest BCUT2D eigenvalue weighted by atomic mass is 10.2. The van der Waals surface area contributed by atoms with E-state index in [1.807, 2.05) is 48.5 Å². The number of hydrogen-bond donors (Lipinski definition) is 1. The number of benzene rings is 3. The number of ether oxygens (including phenoxy) is 1. The Hall–Kier alpha value is -3.10. The summed E-state index contributed by atoms with van der Waals surface area (Å²) in [6.45, 7) is 0.344. The Morgan fingerprint density at radius 1 is 1.10 bits per heavy atom. The molecule has 1 heterocycles. The molecule has 0 atom stereocenters. The Morgan fingerprint density at radius 2 is 1.87 bits per heavy atom. The molecule has 150 valence electrons. The second kappa shape index (κ2) is 9.15. The van der Waals surface area contributed by atoms with Crippen LogP contribution in [0.25, 0.3) is 11.4 Å². The van der Waals surface area contributed by atoms with E-state index in [9.17, 15) is 4.39 Å². The van der Waals surface area contributed by atoms with E-state index < -0.39 is 0 Å². The average molecular weight is 483 g/mol. The summed E-state index contributed by atoms with van der Waals surface area (Å²) >= 11 is 8.83. The molecule has 30 heavy (non-hydrogen) atoms. The minimum absolute atomic E-state index is 0.267. The van der Waals surface area contributed by atoms with Crippen molar-refractivity contribution in [1.82, 2.24) is 14.9 Å². The minimum atomic E-state index is -0.267. The highest BCUT2D eigenvalue weighted by molar-refractivity contribution is 9.10. The molecule has 0 aliphatic carbocycles. The van der Waals surface area contributed by atoms with Crippen LogP contribution in [0.5, 0.6) is 5.75 Å². The number of hydrogen-bond acceptors (Lipinski definition) is 4. The average Bonchev–Trinajstić information content (AvgIpc) is 3.13. The molecule has 0 spiro atoms. The first-order chi connectivity index (χ1) is 14.6. The molecule has 4 rings (SSSR count). The van der Waals surface area contributed by atoms with E-state index in [0.29, 0.717) is 23.0 Å². The minimum Gasteiger partial charge on any atom is -0.488 e. The lowest BCUT2D eigenvalue weighted by molar-refractivity contribution is 0.304. The van der Waals surface area contributed by atoms with Gasteiger partial charge in [0, 0.05) is 5.56 Å². The number of aromatic amines is 1. The van der Waals surface area contributed by atoms with Crippen LogP contribution in [0.4, 0.5) is 4.39 Å². The predicted octanol–water partition coefficient (Wildman–Crippen LogP) is 5.97. The molecule has 0 fully saturated rings. The molecule has 0 amide bonds. The van der Waals surface area contributed by atoms with Crippen LogP contribution in [0.2, 0.25) is 0 Å². The third-order valence-electron chi connectivity index (χ3n) is 4.27. The quantitative estimate of drug-likeness (QED) is 0.272. The summed E-state index contributed by atoms with van der Waals surface area (Å²) in [6.07, 6.45) is 1.70. The van der Waals surface area contributed by atoms with E-state index in [0.717, 1.165) is 21.2 Å². The molecule has 5 nitrogen and oxygen atoms in total.